The minimum atomic E-state index is -0.444. The van der Waals surface area contributed by atoms with Crippen LogP contribution in [-0.4, -0.2) is 25.2 Å². The van der Waals surface area contributed by atoms with Gasteiger partial charge in [0, 0.05) is 0 Å². The average molecular weight is 166 g/mol. The summed E-state index contributed by atoms with van der Waals surface area (Å²) >= 11 is 0. The van der Waals surface area contributed by atoms with E-state index in [0.29, 0.717) is 11.1 Å². The molecule has 0 spiro atoms. The molecule has 0 saturated carbocycles. The van der Waals surface area contributed by atoms with Crippen LogP contribution in [0.1, 0.15) is 0 Å². The fourth-order valence-electron chi connectivity index (χ4n) is 1.16. The summed E-state index contributed by atoms with van der Waals surface area (Å²) < 4.78 is 9.29. The standard InChI is InChI=1S/C8H6O4/c9-7-5(1-3-11-7)6-2-4-12-8(6)10/h1-2H,3-4H2. The molecule has 2 aliphatic heterocycles. The molecule has 0 N–H and O–H groups in total. The van der Waals surface area contributed by atoms with Gasteiger partial charge in [-0.3, -0.25) is 0 Å². The van der Waals surface area contributed by atoms with Crippen molar-refractivity contribution in [1.82, 2.24) is 0 Å². The van der Waals surface area contributed by atoms with Crippen molar-refractivity contribution < 1.29 is 19.1 Å². The molecule has 0 aromatic rings. The summed E-state index contributed by atoms with van der Waals surface area (Å²) in [7, 11) is 0. The van der Waals surface area contributed by atoms with Gasteiger partial charge in [-0.25, -0.2) is 9.59 Å². The lowest BCUT2D eigenvalue weighted by Crippen LogP contribution is -2.07. The van der Waals surface area contributed by atoms with Crippen LogP contribution in [0.25, 0.3) is 0 Å². The quantitative estimate of drug-likeness (QED) is 0.512. The molecule has 2 aliphatic rings. The topological polar surface area (TPSA) is 52.6 Å². The number of hydrogen-bond acceptors (Lipinski definition) is 4. The van der Waals surface area contributed by atoms with Gasteiger partial charge in [0.25, 0.3) is 0 Å². The number of hydrogen-bond donors (Lipinski definition) is 0. The predicted molar refractivity (Wildman–Crippen MR) is 38.1 cm³/mol. The maximum absolute atomic E-state index is 11.0. The molecule has 0 saturated heterocycles. The smallest absolute Gasteiger partial charge is 0.339 e. The fourth-order valence-corrected chi connectivity index (χ4v) is 1.16. The molecule has 0 amide bonds. The number of rotatable bonds is 1. The second-order valence-corrected chi connectivity index (χ2v) is 2.43. The zero-order chi connectivity index (χ0) is 8.55. The third kappa shape index (κ3) is 0.922. The Balaban J connectivity index is 2.30. The molecule has 0 unspecified atom stereocenters. The van der Waals surface area contributed by atoms with E-state index in [0.717, 1.165) is 0 Å². The van der Waals surface area contributed by atoms with Gasteiger partial charge in [0.15, 0.2) is 0 Å². The highest BCUT2D eigenvalue weighted by molar-refractivity contribution is 6.08. The average Bonchev–Trinajstić information content (AvgIpc) is 2.59. The second-order valence-electron chi connectivity index (χ2n) is 2.43. The second kappa shape index (κ2) is 2.48. The van der Waals surface area contributed by atoms with E-state index in [1.54, 1.807) is 12.2 Å². The van der Waals surface area contributed by atoms with Gasteiger partial charge in [0.2, 0.25) is 0 Å². The zero-order valence-electron chi connectivity index (χ0n) is 6.20. The van der Waals surface area contributed by atoms with Crippen LogP contribution in [0.15, 0.2) is 23.3 Å². The van der Waals surface area contributed by atoms with Crippen molar-refractivity contribution in [1.29, 1.82) is 0 Å². The molecule has 0 aromatic carbocycles. The normalized spacial score (nSPS) is 21.7. The van der Waals surface area contributed by atoms with Gasteiger partial charge in [-0.15, -0.1) is 0 Å². The number of esters is 2. The van der Waals surface area contributed by atoms with Gasteiger partial charge < -0.3 is 9.47 Å². The molecule has 62 valence electrons. The van der Waals surface area contributed by atoms with E-state index >= 15 is 0 Å². The predicted octanol–water partition coefficient (Wildman–Crippen LogP) is -0.0472. The molecule has 0 aliphatic carbocycles. The summed E-state index contributed by atoms with van der Waals surface area (Å²) in [5, 5.41) is 0. The molecular weight excluding hydrogens is 160 g/mol. The molecule has 0 radical (unpaired) electrons. The SMILES string of the molecule is O=C1OCC=C1C1=CCOC1=O. The summed E-state index contributed by atoms with van der Waals surface area (Å²) in [6.07, 6.45) is 3.17. The Morgan fingerprint density at radius 3 is 1.58 bits per heavy atom. The van der Waals surface area contributed by atoms with Crippen molar-refractivity contribution in [2.45, 2.75) is 0 Å². The highest BCUT2D eigenvalue weighted by Crippen LogP contribution is 2.21. The first-order valence-electron chi connectivity index (χ1n) is 3.54. The third-order valence-electron chi connectivity index (χ3n) is 1.73. The first kappa shape index (κ1) is 7.09. The van der Waals surface area contributed by atoms with E-state index < -0.39 is 11.9 Å². The lowest BCUT2D eigenvalue weighted by Gasteiger charge is -1.96. The Morgan fingerprint density at radius 1 is 0.917 bits per heavy atom. The van der Waals surface area contributed by atoms with Crippen molar-refractivity contribution in [3.8, 4) is 0 Å². The van der Waals surface area contributed by atoms with Crippen LogP contribution in [0.5, 0.6) is 0 Å². The summed E-state index contributed by atoms with van der Waals surface area (Å²) in [6.45, 7) is 0.498. The van der Waals surface area contributed by atoms with Gasteiger partial charge >= 0.3 is 11.9 Å². The fraction of sp³-hybridized carbons (Fsp3) is 0.250. The summed E-state index contributed by atoms with van der Waals surface area (Å²) in [5.74, 6) is -0.889. The van der Waals surface area contributed by atoms with E-state index in [2.05, 4.69) is 9.47 Å². The van der Waals surface area contributed by atoms with Crippen molar-refractivity contribution in [3.63, 3.8) is 0 Å². The summed E-state index contributed by atoms with van der Waals surface area (Å²) in [6, 6.07) is 0. The molecule has 0 aromatic heterocycles. The van der Waals surface area contributed by atoms with Crippen molar-refractivity contribution in [2.24, 2.45) is 0 Å². The zero-order valence-corrected chi connectivity index (χ0v) is 6.20. The minimum absolute atomic E-state index is 0.249. The van der Waals surface area contributed by atoms with Crippen molar-refractivity contribution >= 4 is 11.9 Å². The van der Waals surface area contributed by atoms with Gasteiger partial charge in [0.05, 0.1) is 11.1 Å². The number of ether oxygens (including phenoxy) is 2. The maximum Gasteiger partial charge on any atom is 0.339 e. The largest absolute Gasteiger partial charge is 0.458 e. The van der Waals surface area contributed by atoms with Gasteiger partial charge in [-0.1, -0.05) is 0 Å². The molecule has 4 nitrogen and oxygen atoms in total. The van der Waals surface area contributed by atoms with Crippen LogP contribution in [0.4, 0.5) is 0 Å². The Hall–Kier alpha value is -1.58. The Bertz CT molecular complexity index is 279. The minimum Gasteiger partial charge on any atom is -0.458 e. The number of cyclic esters (lactones) is 2. The molecule has 0 bridgehead atoms. The molecule has 0 atom stereocenters. The van der Waals surface area contributed by atoms with E-state index in [9.17, 15) is 9.59 Å². The Morgan fingerprint density at radius 2 is 1.33 bits per heavy atom. The van der Waals surface area contributed by atoms with Crippen LogP contribution in [-0.2, 0) is 19.1 Å². The summed E-state index contributed by atoms with van der Waals surface area (Å²) in [4.78, 5) is 21.9. The third-order valence-corrected chi connectivity index (χ3v) is 1.73. The highest BCUT2D eigenvalue weighted by Gasteiger charge is 2.28. The van der Waals surface area contributed by atoms with Crippen molar-refractivity contribution in [2.75, 3.05) is 13.2 Å². The van der Waals surface area contributed by atoms with Crippen LogP contribution in [0.2, 0.25) is 0 Å². The van der Waals surface area contributed by atoms with E-state index in [-0.39, 0.29) is 13.2 Å². The maximum atomic E-state index is 11.0. The lowest BCUT2D eigenvalue weighted by atomic mass is 10.1. The molecule has 12 heavy (non-hydrogen) atoms. The van der Waals surface area contributed by atoms with Crippen LogP contribution in [0.3, 0.4) is 0 Å². The first-order chi connectivity index (χ1) is 5.79. The van der Waals surface area contributed by atoms with Crippen LogP contribution in [0, 0.1) is 0 Å². The molecule has 0 fully saturated rings. The van der Waals surface area contributed by atoms with E-state index in [4.69, 9.17) is 0 Å². The number of carbonyl (C=O) groups excluding carboxylic acids is 2. The Kier molecular flexibility index (Phi) is 1.46. The van der Waals surface area contributed by atoms with Gasteiger partial charge in [-0.2, -0.15) is 0 Å². The summed E-state index contributed by atoms with van der Waals surface area (Å²) in [5.41, 5.74) is 0.662. The van der Waals surface area contributed by atoms with Crippen LogP contribution >= 0.6 is 0 Å². The van der Waals surface area contributed by atoms with E-state index in [1.165, 1.54) is 0 Å². The van der Waals surface area contributed by atoms with Crippen LogP contribution < -0.4 is 0 Å². The van der Waals surface area contributed by atoms with Gasteiger partial charge in [0.1, 0.15) is 13.2 Å². The highest BCUT2D eigenvalue weighted by atomic mass is 16.5. The molecule has 2 rings (SSSR count). The number of carbonyl (C=O) groups is 2. The molecular formula is C8H6O4. The first-order valence-corrected chi connectivity index (χ1v) is 3.54. The van der Waals surface area contributed by atoms with Gasteiger partial charge in [-0.05, 0) is 12.2 Å². The Labute approximate surface area is 68.5 Å². The monoisotopic (exact) mass is 166 g/mol. The van der Waals surface area contributed by atoms with E-state index in [1.807, 2.05) is 0 Å². The lowest BCUT2D eigenvalue weighted by molar-refractivity contribution is -0.139. The molecule has 4 heteroatoms. The molecule has 2 heterocycles. The van der Waals surface area contributed by atoms with Crippen molar-refractivity contribution in [3.05, 3.63) is 23.3 Å².